The summed E-state index contributed by atoms with van der Waals surface area (Å²) in [5.74, 6) is -0.504. The fraction of sp³-hybridized carbons (Fsp3) is 0.300. The van der Waals surface area contributed by atoms with Crippen LogP contribution >= 0.6 is 0 Å². The first-order valence-corrected chi connectivity index (χ1v) is 8.26. The minimum Gasteiger partial charge on any atom is -0.372 e. The first kappa shape index (κ1) is 18.5. The second kappa shape index (κ2) is 7.83. The fourth-order valence-corrected chi connectivity index (χ4v) is 2.28. The van der Waals surface area contributed by atoms with E-state index >= 15 is 0 Å². The highest BCUT2D eigenvalue weighted by Crippen LogP contribution is 2.16. The number of carbonyl (C=O) groups is 2. The summed E-state index contributed by atoms with van der Waals surface area (Å²) in [5, 5.41) is 8.61. The third-order valence-corrected chi connectivity index (χ3v) is 3.82. The fourth-order valence-electron chi connectivity index (χ4n) is 2.28. The van der Waals surface area contributed by atoms with Crippen LogP contribution in [0.25, 0.3) is 0 Å². The molecule has 25 heavy (non-hydrogen) atoms. The first-order valence-electron chi connectivity index (χ1n) is 8.26. The van der Waals surface area contributed by atoms with Crippen molar-refractivity contribution in [3.63, 3.8) is 0 Å². The van der Waals surface area contributed by atoms with E-state index in [1.165, 1.54) is 0 Å². The van der Waals surface area contributed by atoms with Gasteiger partial charge in [0.1, 0.15) is 5.54 Å². The Kier molecular flexibility index (Phi) is 5.80. The SMILES string of the molecule is Cc1ccc(NC(=O)CNC(=O)C(C)(C)Nc2ccc(C)cc2)cc1. The maximum atomic E-state index is 12.4. The largest absolute Gasteiger partial charge is 0.372 e. The lowest BCUT2D eigenvalue weighted by atomic mass is 10.0. The summed E-state index contributed by atoms with van der Waals surface area (Å²) in [6.45, 7) is 7.47. The van der Waals surface area contributed by atoms with E-state index in [4.69, 9.17) is 0 Å². The number of amides is 2. The van der Waals surface area contributed by atoms with Crippen molar-refractivity contribution in [2.45, 2.75) is 33.2 Å². The van der Waals surface area contributed by atoms with Crippen molar-refractivity contribution < 1.29 is 9.59 Å². The summed E-state index contributed by atoms with van der Waals surface area (Å²) in [7, 11) is 0. The summed E-state index contributed by atoms with van der Waals surface area (Å²) < 4.78 is 0. The Bertz CT molecular complexity index is 735. The second-order valence-corrected chi connectivity index (χ2v) is 6.71. The molecule has 0 unspecified atom stereocenters. The number of hydrogen-bond acceptors (Lipinski definition) is 3. The smallest absolute Gasteiger partial charge is 0.245 e. The van der Waals surface area contributed by atoms with Crippen LogP contribution in [-0.4, -0.2) is 23.9 Å². The summed E-state index contributed by atoms with van der Waals surface area (Å²) in [6, 6.07) is 15.3. The van der Waals surface area contributed by atoms with E-state index in [1.807, 2.05) is 62.4 Å². The highest BCUT2D eigenvalue weighted by molar-refractivity contribution is 5.96. The van der Waals surface area contributed by atoms with Gasteiger partial charge in [0.2, 0.25) is 11.8 Å². The second-order valence-electron chi connectivity index (χ2n) is 6.71. The van der Waals surface area contributed by atoms with Crippen molar-refractivity contribution in [1.29, 1.82) is 0 Å². The van der Waals surface area contributed by atoms with Crippen LogP contribution in [0.2, 0.25) is 0 Å². The standard InChI is InChI=1S/C20H25N3O2/c1-14-5-9-16(10-6-14)22-18(24)13-21-19(25)20(3,4)23-17-11-7-15(2)8-12-17/h5-12,23H,13H2,1-4H3,(H,21,25)(H,22,24). The van der Waals surface area contributed by atoms with Crippen LogP contribution in [0.15, 0.2) is 48.5 Å². The Hall–Kier alpha value is -2.82. The molecule has 0 atom stereocenters. The van der Waals surface area contributed by atoms with Gasteiger partial charge in [0.05, 0.1) is 6.54 Å². The lowest BCUT2D eigenvalue weighted by Crippen LogP contribution is -2.49. The number of benzene rings is 2. The molecule has 132 valence electrons. The predicted molar refractivity (Wildman–Crippen MR) is 102 cm³/mol. The van der Waals surface area contributed by atoms with Gasteiger partial charge in [0.15, 0.2) is 0 Å². The highest BCUT2D eigenvalue weighted by atomic mass is 16.2. The summed E-state index contributed by atoms with van der Waals surface area (Å²) in [6.07, 6.45) is 0. The van der Waals surface area contributed by atoms with Gasteiger partial charge in [-0.3, -0.25) is 9.59 Å². The van der Waals surface area contributed by atoms with E-state index < -0.39 is 5.54 Å². The van der Waals surface area contributed by atoms with Crippen molar-refractivity contribution in [2.75, 3.05) is 17.2 Å². The molecule has 0 aliphatic rings. The minimum atomic E-state index is -0.834. The van der Waals surface area contributed by atoms with Crippen LogP contribution in [0.5, 0.6) is 0 Å². The van der Waals surface area contributed by atoms with Crippen molar-refractivity contribution >= 4 is 23.2 Å². The maximum absolute atomic E-state index is 12.4. The molecule has 5 nitrogen and oxygen atoms in total. The van der Waals surface area contributed by atoms with E-state index in [-0.39, 0.29) is 18.4 Å². The molecule has 0 bridgehead atoms. The predicted octanol–water partition coefficient (Wildman–Crippen LogP) is 3.25. The van der Waals surface area contributed by atoms with Gasteiger partial charge in [-0.1, -0.05) is 35.4 Å². The van der Waals surface area contributed by atoms with Crippen molar-refractivity contribution in [1.82, 2.24) is 5.32 Å². The van der Waals surface area contributed by atoms with Crippen molar-refractivity contribution in [3.8, 4) is 0 Å². The molecule has 2 aromatic carbocycles. The zero-order valence-corrected chi connectivity index (χ0v) is 15.1. The third-order valence-electron chi connectivity index (χ3n) is 3.82. The summed E-state index contributed by atoms with van der Waals surface area (Å²) >= 11 is 0. The molecule has 2 amide bonds. The van der Waals surface area contributed by atoms with Crippen LogP contribution in [0.1, 0.15) is 25.0 Å². The Labute approximate surface area is 148 Å². The zero-order valence-electron chi connectivity index (χ0n) is 15.1. The molecular weight excluding hydrogens is 314 g/mol. The van der Waals surface area contributed by atoms with Crippen LogP contribution in [0.3, 0.4) is 0 Å². The summed E-state index contributed by atoms with van der Waals surface area (Å²) in [4.78, 5) is 24.4. The van der Waals surface area contributed by atoms with E-state index in [0.717, 1.165) is 16.8 Å². The average molecular weight is 339 g/mol. The van der Waals surface area contributed by atoms with Gasteiger partial charge in [-0.25, -0.2) is 0 Å². The van der Waals surface area contributed by atoms with Crippen LogP contribution in [-0.2, 0) is 9.59 Å². The lowest BCUT2D eigenvalue weighted by molar-refractivity contribution is -0.126. The molecule has 0 saturated carbocycles. The molecule has 0 radical (unpaired) electrons. The number of nitrogens with one attached hydrogen (secondary N) is 3. The average Bonchev–Trinajstić information content (AvgIpc) is 2.56. The monoisotopic (exact) mass is 339 g/mol. The molecule has 5 heteroatoms. The molecule has 3 N–H and O–H groups in total. The van der Waals surface area contributed by atoms with E-state index in [0.29, 0.717) is 5.69 Å². The van der Waals surface area contributed by atoms with Gasteiger partial charge in [-0.05, 0) is 52.0 Å². The molecule has 0 fully saturated rings. The lowest BCUT2D eigenvalue weighted by Gasteiger charge is -2.26. The molecule has 0 heterocycles. The maximum Gasteiger partial charge on any atom is 0.245 e. The molecule has 0 spiro atoms. The topological polar surface area (TPSA) is 70.2 Å². The number of rotatable bonds is 6. The van der Waals surface area contributed by atoms with E-state index in [2.05, 4.69) is 16.0 Å². The Morgan fingerprint density at radius 3 is 1.84 bits per heavy atom. The van der Waals surface area contributed by atoms with Gasteiger partial charge >= 0.3 is 0 Å². The highest BCUT2D eigenvalue weighted by Gasteiger charge is 2.27. The van der Waals surface area contributed by atoms with Gasteiger partial charge < -0.3 is 16.0 Å². The quantitative estimate of drug-likeness (QED) is 0.756. The van der Waals surface area contributed by atoms with Crippen LogP contribution in [0.4, 0.5) is 11.4 Å². The molecular formula is C20H25N3O2. The molecule has 2 aromatic rings. The van der Waals surface area contributed by atoms with Crippen LogP contribution in [0, 0.1) is 13.8 Å². The molecule has 0 aliphatic carbocycles. The van der Waals surface area contributed by atoms with Gasteiger partial charge in [-0.15, -0.1) is 0 Å². The van der Waals surface area contributed by atoms with Gasteiger partial charge in [0.25, 0.3) is 0 Å². The number of carbonyl (C=O) groups excluding carboxylic acids is 2. The van der Waals surface area contributed by atoms with Crippen molar-refractivity contribution in [2.24, 2.45) is 0 Å². The Morgan fingerprint density at radius 2 is 1.32 bits per heavy atom. The number of anilines is 2. The van der Waals surface area contributed by atoms with Gasteiger partial charge in [0, 0.05) is 11.4 Å². The number of hydrogen-bond donors (Lipinski definition) is 3. The van der Waals surface area contributed by atoms with Gasteiger partial charge in [-0.2, -0.15) is 0 Å². The minimum absolute atomic E-state index is 0.0777. The van der Waals surface area contributed by atoms with Crippen molar-refractivity contribution in [3.05, 3.63) is 59.7 Å². The summed E-state index contributed by atoms with van der Waals surface area (Å²) in [5.41, 5.74) is 3.01. The van der Waals surface area contributed by atoms with E-state index in [9.17, 15) is 9.59 Å². The Morgan fingerprint density at radius 1 is 0.840 bits per heavy atom. The number of aryl methyl sites for hydroxylation is 2. The molecule has 0 aromatic heterocycles. The molecule has 0 aliphatic heterocycles. The third kappa shape index (κ3) is 5.64. The van der Waals surface area contributed by atoms with E-state index in [1.54, 1.807) is 13.8 Å². The molecule has 2 rings (SSSR count). The zero-order chi connectivity index (χ0) is 18.4. The normalized spacial score (nSPS) is 10.9. The first-order chi connectivity index (χ1) is 11.8. The molecule has 0 saturated heterocycles. The van der Waals surface area contributed by atoms with Crippen LogP contribution < -0.4 is 16.0 Å². The Balaban J connectivity index is 1.86.